The molecule has 2 atom stereocenters. The number of hydrogen-bond donors (Lipinski definition) is 1. The van der Waals surface area contributed by atoms with E-state index >= 15 is 0 Å². The summed E-state index contributed by atoms with van der Waals surface area (Å²) in [4.78, 5) is 24.0. The standard InChI is InChI=1S/C18H23N3O2/c1-13-5-4-6-14(11-13)20-18(23)9-10-21-16-8-3-2-7-15(16)17(22)12-19-21/h2-3,7-8,12-14H,4-6,9-11H2,1H3,(H,20,23). The number of aryl methyl sites for hydroxylation is 1. The molecule has 2 unspecified atom stereocenters. The Balaban J connectivity index is 1.63. The number of carbonyl (C=O) groups is 1. The van der Waals surface area contributed by atoms with Crippen LogP contribution in [0.4, 0.5) is 0 Å². The molecule has 1 aliphatic rings. The summed E-state index contributed by atoms with van der Waals surface area (Å²) in [7, 11) is 0. The third kappa shape index (κ3) is 3.78. The predicted octanol–water partition coefficient (Wildman–Crippen LogP) is 2.48. The first-order valence-corrected chi connectivity index (χ1v) is 8.37. The summed E-state index contributed by atoms with van der Waals surface area (Å²) in [6.07, 6.45) is 6.31. The smallest absolute Gasteiger partial charge is 0.222 e. The van der Waals surface area contributed by atoms with E-state index in [2.05, 4.69) is 17.3 Å². The Morgan fingerprint density at radius 2 is 2.17 bits per heavy atom. The summed E-state index contributed by atoms with van der Waals surface area (Å²) >= 11 is 0. The maximum absolute atomic E-state index is 12.2. The number of fused-ring (bicyclic) bond motifs is 1. The van der Waals surface area contributed by atoms with Gasteiger partial charge >= 0.3 is 0 Å². The summed E-state index contributed by atoms with van der Waals surface area (Å²) in [6, 6.07) is 7.68. The Morgan fingerprint density at radius 3 is 3.00 bits per heavy atom. The molecular formula is C18H23N3O2. The van der Waals surface area contributed by atoms with Crippen LogP contribution in [0.2, 0.25) is 0 Å². The first kappa shape index (κ1) is 15.7. The number of para-hydroxylation sites is 1. The predicted molar refractivity (Wildman–Crippen MR) is 90.2 cm³/mol. The van der Waals surface area contributed by atoms with E-state index < -0.39 is 0 Å². The molecule has 3 rings (SSSR count). The Bertz CT molecular complexity index is 753. The summed E-state index contributed by atoms with van der Waals surface area (Å²) < 4.78 is 1.74. The Kier molecular flexibility index (Phi) is 4.74. The monoisotopic (exact) mass is 313 g/mol. The number of nitrogens with zero attached hydrogens (tertiary/aromatic N) is 2. The van der Waals surface area contributed by atoms with E-state index in [1.54, 1.807) is 10.7 Å². The first-order chi connectivity index (χ1) is 11.1. The van der Waals surface area contributed by atoms with E-state index in [-0.39, 0.29) is 11.3 Å². The molecule has 1 amide bonds. The van der Waals surface area contributed by atoms with Crippen LogP contribution in [0.1, 0.15) is 39.0 Å². The zero-order valence-electron chi connectivity index (χ0n) is 13.5. The highest BCUT2D eigenvalue weighted by atomic mass is 16.1. The van der Waals surface area contributed by atoms with Crippen LogP contribution in [0.15, 0.2) is 35.3 Å². The number of nitrogens with one attached hydrogen (secondary N) is 1. The normalized spacial score (nSPS) is 21.3. The number of rotatable bonds is 4. The van der Waals surface area contributed by atoms with Crippen LogP contribution in [0.25, 0.3) is 10.9 Å². The van der Waals surface area contributed by atoms with Crippen molar-refractivity contribution in [2.75, 3.05) is 0 Å². The molecule has 0 saturated heterocycles. The molecular weight excluding hydrogens is 290 g/mol. The molecule has 0 bridgehead atoms. The first-order valence-electron chi connectivity index (χ1n) is 8.37. The molecule has 1 aliphatic carbocycles. The van der Waals surface area contributed by atoms with Crippen LogP contribution in [-0.2, 0) is 11.3 Å². The lowest BCUT2D eigenvalue weighted by atomic mass is 9.87. The van der Waals surface area contributed by atoms with Gasteiger partial charge in [-0.3, -0.25) is 14.3 Å². The van der Waals surface area contributed by atoms with Gasteiger partial charge < -0.3 is 5.32 Å². The molecule has 1 heterocycles. The van der Waals surface area contributed by atoms with Gasteiger partial charge in [-0.25, -0.2) is 0 Å². The van der Waals surface area contributed by atoms with Crippen molar-refractivity contribution in [1.29, 1.82) is 0 Å². The van der Waals surface area contributed by atoms with Gasteiger partial charge in [-0.15, -0.1) is 0 Å². The van der Waals surface area contributed by atoms with Crippen molar-refractivity contribution >= 4 is 16.8 Å². The average molecular weight is 313 g/mol. The van der Waals surface area contributed by atoms with Gasteiger partial charge in [-0.1, -0.05) is 31.9 Å². The molecule has 23 heavy (non-hydrogen) atoms. The summed E-state index contributed by atoms with van der Waals surface area (Å²) in [5.74, 6) is 0.757. The molecule has 0 spiro atoms. The molecule has 2 aromatic rings. The number of benzene rings is 1. The van der Waals surface area contributed by atoms with Gasteiger partial charge in [-0.05, 0) is 30.9 Å². The van der Waals surface area contributed by atoms with E-state index in [0.29, 0.717) is 30.3 Å². The molecule has 1 aromatic carbocycles. The second-order valence-electron chi connectivity index (χ2n) is 6.54. The lowest BCUT2D eigenvalue weighted by Gasteiger charge is -2.27. The van der Waals surface area contributed by atoms with Gasteiger partial charge in [0.1, 0.15) is 0 Å². The Labute approximate surface area is 135 Å². The van der Waals surface area contributed by atoms with Gasteiger partial charge in [0.2, 0.25) is 11.3 Å². The van der Waals surface area contributed by atoms with Crippen LogP contribution in [0.5, 0.6) is 0 Å². The van der Waals surface area contributed by atoms with E-state index in [1.165, 1.54) is 19.0 Å². The molecule has 0 radical (unpaired) electrons. The molecule has 5 nitrogen and oxygen atoms in total. The molecule has 122 valence electrons. The second-order valence-corrected chi connectivity index (χ2v) is 6.54. The SMILES string of the molecule is CC1CCCC(NC(=O)CCn2ncc(=O)c3ccccc32)C1. The van der Waals surface area contributed by atoms with E-state index in [0.717, 1.165) is 18.4 Å². The topological polar surface area (TPSA) is 64.0 Å². The van der Waals surface area contributed by atoms with Crippen molar-refractivity contribution in [3.63, 3.8) is 0 Å². The minimum absolute atomic E-state index is 0.0636. The summed E-state index contributed by atoms with van der Waals surface area (Å²) in [5.41, 5.74) is 0.691. The molecule has 5 heteroatoms. The summed E-state index contributed by atoms with van der Waals surface area (Å²) in [5, 5.41) is 7.94. The fourth-order valence-corrected chi connectivity index (χ4v) is 3.41. The largest absolute Gasteiger partial charge is 0.353 e. The second kappa shape index (κ2) is 6.94. The lowest BCUT2D eigenvalue weighted by Crippen LogP contribution is -2.38. The Morgan fingerprint density at radius 1 is 1.35 bits per heavy atom. The van der Waals surface area contributed by atoms with E-state index in [4.69, 9.17) is 0 Å². The zero-order valence-corrected chi connectivity index (χ0v) is 13.5. The third-order valence-electron chi connectivity index (χ3n) is 4.61. The van der Waals surface area contributed by atoms with Crippen molar-refractivity contribution in [3.8, 4) is 0 Å². The lowest BCUT2D eigenvalue weighted by molar-refractivity contribution is -0.122. The highest BCUT2D eigenvalue weighted by Crippen LogP contribution is 2.23. The minimum Gasteiger partial charge on any atom is -0.353 e. The van der Waals surface area contributed by atoms with Crippen molar-refractivity contribution < 1.29 is 4.79 Å². The number of aromatic nitrogens is 2. The van der Waals surface area contributed by atoms with Crippen LogP contribution < -0.4 is 10.7 Å². The van der Waals surface area contributed by atoms with Gasteiger partial charge in [0.25, 0.3) is 0 Å². The molecule has 1 saturated carbocycles. The van der Waals surface area contributed by atoms with Crippen molar-refractivity contribution in [2.45, 2.75) is 51.6 Å². The van der Waals surface area contributed by atoms with Crippen molar-refractivity contribution in [1.82, 2.24) is 15.1 Å². The van der Waals surface area contributed by atoms with E-state index in [1.807, 2.05) is 18.2 Å². The van der Waals surface area contributed by atoms with E-state index in [9.17, 15) is 9.59 Å². The fourth-order valence-electron chi connectivity index (χ4n) is 3.41. The average Bonchev–Trinajstić information content (AvgIpc) is 2.54. The minimum atomic E-state index is -0.0857. The molecule has 1 aromatic heterocycles. The van der Waals surface area contributed by atoms with Gasteiger partial charge in [0.05, 0.1) is 18.3 Å². The van der Waals surface area contributed by atoms with Gasteiger partial charge in [0.15, 0.2) is 0 Å². The molecule has 1 fully saturated rings. The quantitative estimate of drug-likeness (QED) is 0.943. The maximum atomic E-state index is 12.2. The number of carbonyl (C=O) groups excluding carboxylic acids is 1. The van der Waals surface area contributed by atoms with Crippen LogP contribution in [0, 0.1) is 5.92 Å². The third-order valence-corrected chi connectivity index (χ3v) is 4.61. The van der Waals surface area contributed by atoms with Gasteiger partial charge in [0, 0.05) is 17.8 Å². The maximum Gasteiger partial charge on any atom is 0.222 e. The zero-order chi connectivity index (χ0) is 16.2. The molecule has 0 aliphatic heterocycles. The highest BCUT2D eigenvalue weighted by molar-refractivity contribution is 5.79. The fraction of sp³-hybridized carbons (Fsp3) is 0.500. The highest BCUT2D eigenvalue weighted by Gasteiger charge is 2.20. The van der Waals surface area contributed by atoms with Crippen molar-refractivity contribution in [3.05, 3.63) is 40.7 Å². The molecule has 1 N–H and O–H groups in total. The van der Waals surface area contributed by atoms with Crippen LogP contribution >= 0.6 is 0 Å². The number of hydrogen-bond acceptors (Lipinski definition) is 3. The number of amides is 1. The van der Waals surface area contributed by atoms with Crippen LogP contribution in [-0.4, -0.2) is 21.7 Å². The van der Waals surface area contributed by atoms with Gasteiger partial charge in [-0.2, -0.15) is 5.10 Å². The van der Waals surface area contributed by atoms with Crippen molar-refractivity contribution in [2.24, 2.45) is 5.92 Å². The Hall–Kier alpha value is -2.17. The van der Waals surface area contributed by atoms with Crippen LogP contribution in [0.3, 0.4) is 0 Å². The summed E-state index contributed by atoms with van der Waals surface area (Å²) in [6.45, 7) is 2.73.